The Morgan fingerprint density at radius 2 is 1.58 bits per heavy atom. The highest BCUT2D eigenvalue weighted by molar-refractivity contribution is 5.39. The van der Waals surface area contributed by atoms with Gasteiger partial charge in [-0.3, -0.25) is 0 Å². The average molecular weight is 263 g/mol. The van der Waals surface area contributed by atoms with Crippen molar-refractivity contribution in [1.82, 2.24) is 5.32 Å². The molecule has 1 aromatic rings. The van der Waals surface area contributed by atoms with E-state index < -0.39 is 0 Å². The van der Waals surface area contributed by atoms with Gasteiger partial charge in [0.05, 0.1) is 18.8 Å². The second kappa shape index (κ2) is 7.06. The quantitative estimate of drug-likeness (QED) is 0.839. The molecule has 1 rings (SSSR count). The van der Waals surface area contributed by atoms with Crippen molar-refractivity contribution < 1.29 is 4.74 Å². The Hall–Kier alpha value is -0.860. The van der Waals surface area contributed by atoms with E-state index >= 15 is 0 Å². The molecule has 2 heteroatoms. The van der Waals surface area contributed by atoms with Crippen molar-refractivity contribution in [3.05, 3.63) is 34.4 Å². The van der Waals surface area contributed by atoms with Crippen LogP contribution in [0.5, 0.6) is 0 Å². The monoisotopic (exact) mass is 263 g/mol. The third-order valence-corrected chi connectivity index (χ3v) is 3.90. The fourth-order valence-electron chi connectivity index (χ4n) is 2.49. The van der Waals surface area contributed by atoms with Crippen LogP contribution in [0, 0.1) is 26.7 Å². The molecule has 0 aromatic heterocycles. The fourth-order valence-corrected chi connectivity index (χ4v) is 2.49. The first kappa shape index (κ1) is 16.2. The Balaban J connectivity index is 2.86. The molecule has 0 spiro atoms. The molecule has 0 aliphatic carbocycles. The van der Waals surface area contributed by atoms with Crippen molar-refractivity contribution in [3.8, 4) is 0 Å². The lowest BCUT2D eigenvalue weighted by molar-refractivity contribution is 0.0227. The van der Waals surface area contributed by atoms with Gasteiger partial charge < -0.3 is 10.1 Å². The molecule has 0 aliphatic heterocycles. The molecule has 1 aromatic carbocycles. The first-order chi connectivity index (χ1) is 8.86. The number of nitrogens with one attached hydrogen (secondary N) is 1. The maximum absolute atomic E-state index is 5.99. The van der Waals surface area contributed by atoms with Crippen molar-refractivity contribution in [2.24, 2.45) is 5.92 Å². The first-order valence-corrected chi connectivity index (χ1v) is 7.23. The molecular weight excluding hydrogens is 234 g/mol. The van der Waals surface area contributed by atoms with Gasteiger partial charge in [-0.15, -0.1) is 0 Å². The molecular formula is C17H29NO. The third-order valence-electron chi connectivity index (χ3n) is 3.90. The van der Waals surface area contributed by atoms with Gasteiger partial charge in [0, 0.05) is 0 Å². The molecule has 0 fully saturated rings. The number of likely N-dealkylation sites (N-methyl/N-ethyl adjacent to an activating group) is 1. The number of aryl methyl sites for hydroxylation is 3. The topological polar surface area (TPSA) is 21.3 Å². The summed E-state index contributed by atoms with van der Waals surface area (Å²) in [6, 6.07) is 4.76. The Morgan fingerprint density at radius 1 is 1.05 bits per heavy atom. The van der Waals surface area contributed by atoms with Crippen LogP contribution in [0.25, 0.3) is 0 Å². The number of benzene rings is 1. The van der Waals surface area contributed by atoms with E-state index in [1.54, 1.807) is 0 Å². The number of hydrogen-bond donors (Lipinski definition) is 1. The predicted molar refractivity (Wildman–Crippen MR) is 82.7 cm³/mol. The summed E-state index contributed by atoms with van der Waals surface area (Å²) < 4.78 is 5.99. The lowest BCUT2D eigenvalue weighted by Gasteiger charge is -2.25. The highest BCUT2D eigenvalue weighted by Crippen LogP contribution is 2.24. The third kappa shape index (κ3) is 4.32. The van der Waals surface area contributed by atoms with Crippen LogP contribution in [0.2, 0.25) is 0 Å². The van der Waals surface area contributed by atoms with Crippen LogP contribution in [-0.4, -0.2) is 19.8 Å². The SMILES string of the molecule is CNC(COC(C)C(C)C)c1c(C)cc(C)cc1C. The van der Waals surface area contributed by atoms with E-state index in [1.807, 2.05) is 7.05 Å². The standard InChI is InChI=1S/C17H29NO/c1-11(2)15(6)19-10-16(18-7)17-13(4)8-12(3)9-14(17)5/h8-9,11,15-16,18H,10H2,1-7H3. The van der Waals surface area contributed by atoms with E-state index in [9.17, 15) is 0 Å². The van der Waals surface area contributed by atoms with E-state index in [2.05, 4.69) is 59.0 Å². The number of hydrogen-bond acceptors (Lipinski definition) is 2. The van der Waals surface area contributed by atoms with Crippen LogP contribution < -0.4 is 5.32 Å². The van der Waals surface area contributed by atoms with Gasteiger partial charge in [-0.25, -0.2) is 0 Å². The molecule has 0 amide bonds. The van der Waals surface area contributed by atoms with Gasteiger partial charge in [0.2, 0.25) is 0 Å². The molecule has 2 unspecified atom stereocenters. The highest BCUT2D eigenvalue weighted by atomic mass is 16.5. The molecule has 1 N–H and O–H groups in total. The van der Waals surface area contributed by atoms with Gasteiger partial charge in [-0.1, -0.05) is 31.5 Å². The minimum absolute atomic E-state index is 0.266. The average Bonchev–Trinajstić information content (AvgIpc) is 2.31. The van der Waals surface area contributed by atoms with Crippen molar-refractivity contribution in [1.29, 1.82) is 0 Å². The molecule has 108 valence electrons. The molecule has 19 heavy (non-hydrogen) atoms. The molecule has 2 nitrogen and oxygen atoms in total. The molecule has 0 saturated heterocycles. The number of rotatable bonds is 6. The molecule has 0 saturated carbocycles. The molecule has 0 heterocycles. The van der Waals surface area contributed by atoms with Crippen LogP contribution in [0.3, 0.4) is 0 Å². The summed E-state index contributed by atoms with van der Waals surface area (Å²) in [5.41, 5.74) is 5.39. The van der Waals surface area contributed by atoms with Crippen molar-refractivity contribution >= 4 is 0 Å². The fraction of sp³-hybridized carbons (Fsp3) is 0.647. The van der Waals surface area contributed by atoms with E-state index in [0.717, 1.165) is 6.61 Å². The Morgan fingerprint density at radius 3 is 2.00 bits per heavy atom. The maximum Gasteiger partial charge on any atom is 0.0665 e. The Bertz CT molecular complexity index is 389. The van der Waals surface area contributed by atoms with Crippen molar-refractivity contribution in [2.45, 2.75) is 53.7 Å². The summed E-state index contributed by atoms with van der Waals surface area (Å²) >= 11 is 0. The smallest absolute Gasteiger partial charge is 0.0665 e. The zero-order valence-corrected chi connectivity index (χ0v) is 13.5. The van der Waals surface area contributed by atoms with Crippen LogP contribution in [0.15, 0.2) is 12.1 Å². The maximum atomic E-state index is 5.99. The van der Waals surface area contributed by atoms with Gasteiger partial charge in [-0.05, 0) is 57.4 Å². The van der Waals surface area contributed by atoms with Gasteiger partial charge in [0.1, 0.15) is 0 Å². The second-order valence-electron chi connectivity index (χ2n) is 5.94. The minimum Gasteiger partial charge on any atom is -0.376 e. The first-order valence-electron chi connectivity index (χ1n) is 7.23. The Kier molecular flexibility index (Phi) is 6.02. The normalized spacial score (nSPS) is 14.7. The van der Waals surface area contributed by atoms with Crippen LogP contribution in [-0.2, 0) is 4.74 Å². The summed E-state index contributed by atoms with van der Waals surface area (Å²) in [4.78, 5) is 0. The molecule has 2 atom stereocenters. The van der Waals surface area contributed by atoms with Crippen LogP contribution in [0.1, 0.15) is 49.1 Å². The van der Waals surface area contributed by atoms with Gasteiger partial charge in [0.15, 0.2) is 0 Å². The minimum atomic E-state index is 0.266. The van der Waals surface area contributed by atoms with Gasteiger partial charge in [0.25, 0.3) is 0 Å². The molecule has 0 aliphatic rings. The second-order valence-corrected chi connectivity index (χ2v) is 5.94. The predicted octanol–water partition coefficient (Wildman–Crippen LogP) is 3.93. The van der Waals surface area contributed by atoms with Crippen molar-refractivity contribution in [2.75, 3.05) is 13.7 Å². The van der Waals surface area contributed by atoms with Gasteiger partial charge >= 0.3 is 0 Å². The van der Waals surface area contributed by atoms with Crippen molar-refractivity contribution in [3.63, 3.8) is 0 Å². The van der Waals surface area contributed by atoms with E-state index in [1.165, 1.54) is 22.3 Å². The number of ether oxygens (including phenoxy) is 1. The summed E-state index contributed by atoms with van der Waals surface area (Å²) in [5, 5.41) is 3.39. The summed E-state index contributed by atoms with van der Waals surface area (Å²) in [5.74, 6) is 0.553. The zero-order valence-electron chi connectivity index (χ0n) is 13.5. The van der Waals surface area contributed by atoms with E-state index in [0.29, 0.717) is 12.0 Å². The highest BCUT2D eigenvalue weighted by Gasteiger charge is 2.17. The molecule has 0 bridgehead atoms. The summed E-state index contributed by atoms with van der Waals surface area (Å²) in [6.45, 7) is 13.8. The lowest BCUT2D eigenvalue weighted by atomic mass is 9.94. The Labute approximate surface area is 118 Å². The molecule has 0 radical (unpaired) electrons. The summed E-state index contributed by atoms with van der Waals surface area (Å²) in [7, 11) is 2.01. The zero-order chi connectivity index (χ0) is 14.6. The lowest BCUT2D eigenvalue weighted by Crippen LogP contribution is -2.27. The summed E-state index contributed by atoms with van der Waals surface area (Å²) in [6.07, 6.45) is 0.293. The van der Waals surface area contributed by atoms with E-state index in [4.69, 9.17) is 4.74 Å². The van der Waals surface area contributed by atoms with E-state index in [-0.39, 0.29) is 6.04 Å². The largest absolute Gasteiger partial charge is 0.376 e. The van der Waals surface area contributed by atoms with Gasteiger partial charge in [-0.2, -0.15) is 0 Å². The van der Waals surface area contributed by atoms with Crippen LogP contribution in [0.4, 0.5) is 0 Å². The van der Waals surface area contributed by atoms with Crippen LogP contribution >= 0.6 is 0 Å².